The number of carbonyl (C=O) groups excluding carboxylic acids is 1. The third kappa shape index (κ3) is 6.50. The van der Waals surface area contributed by atoms with Crippen molar-refractivity contribution >= 4 is 30.7 Å². The summed E-state index contributed by atoms with van der Waals surface area (Å²) in [6, 6.07) is 4.88. The quantitative estimate of drug-likeness (QED) is 0.684. The van der Waals surface area contributed by atoms with Gasteiger partial charge in [0.1, 0.15) is 0 Å². The Hall–Kier alpha value is -1.06. The van der Waals surface area contributed by atoms with Crippen LogP contribution < -0.4 is 10.6 Å². The fraction of sp³-hybridized carbons (Fsp3) is 0.588. The number of nitrogens with one attached hydrogen (secondary N) is 2. The molecule has 10 heteroatoms. The second-order valence-corrected chi connectivity index (χ2v) is 6.77. The van der Waals surface area contributed by atoms with Gasteiger partial charge in [0.2, 0.25) is 5.91 Å². The first-order valence-electron chi connectivity index (χ1n) is 8.41. The van der Waals surface area contributed by atoms with Gasteiger partial charge in [0.15, 0.2) is 0 Å². The van der Waals surface area contributed by atoms with E-state index in [1.165, 1.54) is 12.1 Å². The van der Waals surface area contributed by atoms with Gasteiger partial charge < -0.3 is 15.7 Å². The summed E-state index contributed by atoms with van der Waals surface area (Å²) >= 11 is 0. The summed E-state index contributed by atoms with van der Waals surface area (Å²) in [5, 5.41) is 15.4. The van der Waals surface area contributed by atoms with Crippen LogP contribution in [0.3, 0.4) is 0 Å². The summed E-state index contributed by atoms with van der Waals surface area (Å²) in [6.07, 6.45) is -3.56. The molecule has 0 aliphatic carbocycles. The van der Waals surface area contributed by atoms with Crippen molar-refractivity contribution in [1.82, 2.24) is 15.5 Å². The molecule has 2 heterocycles. The third-order valence-corrected chi connectivity index (χ3v) is 4.73. The normalized spacial score (nSPS) is 25.6. The molecule has 2 saturated heterocycles. The molecular weight excluding hydrogens is 406 g/mol. The Kier molecular flexibility index (Phi) is 8.82. The van der Waals surface area contributed by atoms with Gasteiger partial charge in [-0.15, -0.1) is 24.8 Å². The van der Waals surface area contributed by atoms with Crippen LogP contribution in [0.25, 0.3) is 0 Å². The van der Waals surface area contributed by atoms with Gasteiger partial charge in [0.05, 0.1) is 17.7 Å². The zero-order valence-corrected chi connectivity index (χ0v) is 16.2. The topological polar surface area (TPSA) is 64.6 Å². The Balaban J connectivity index is 0.00000182. The van der Waals surface area contributed by atoms with Crippen LogP contribution in [0.1, 0.15) is 24.0 Å². The van der Waals surface area contributed by atoms with Gasteiger partial charge in [-0.3, -0.25) is 9.69 Å². The summed E-state index contributed by atoms with van der Waals surface area (Å²) in [7, 11) is 0. The first-order valence-corrected chi connectivity index (χ1v) is 8.41. The number of alkyl halides is 3. The number of β-amino-alcohol motifs (C(OH)–C–C–N with tert-alkyl or cyclic N) is 1. The summed E-state index contributed by atoms with van der Waals surface area (Å²) in [5.74, 6) is -0.0991. The van der Waals surface area contributed by atoms with Crippen molar-refractivity contribution in [1.29, 1.82) is 0 Å². The molecule has 0 saturated carbocycles. The Labute approximate surface area is 168 Å². The van der Waals surface area contributed by atoms with E-state index in [0.717, 1.165) is 30.7 Å². The molecule has 1 amide bonds. The molecule has 0 radical (unpaired) electrons. The minimum atomic E-state index is -4.32. The largest absolute Gasteiger partial charge is 0.416 e. The minimum Gasteiger partial charge on any atom is -0.392 e. The number of nitrogens with zero attached hydrogens (tertiary/aromatic N) is 1. The summed E-state index contributed by atoms with van der Waals surface area (Å²) in [6.45, 7) is 2.45. The van der Waals surface area contributed by atoms with Crippen LogP contribution in [0.5, 0.6) is 0 Å². The van der Waals surface area contributed by atoms with Gasteiger partial charge in [-0.2, -0.15) is 13.2 Å². The lowest BCUT2D eigenvalue weighted by atomic mass is 10.1. The molecule has 0 spiro atoms. The number of halogens is 5. The van der Waals surface area contributed by atoms with E-state index in [0.29, 0.717) is 26.1 Å². The Morgan fingerprint density at radius 1 is 1.26 bits per heavy atom. The van der Waals surface area contributed by atoms with Gasteiger partial charge in [-0.05, 0) is 30.5 Å². The van der Waals surface area contributed by atoms with Gasteiger partial charge in [0, 0.05) is 32.2 Å². The fourth-order valence-corrected chi connectivity index (χ4v) is 3.37. The van der Waals surface area contributed by atoms with Crippen LogP contribution >= 0.6 is 24.8 Å². The molecule has 154 valence electrons. The molecule has 0 bridgehead atoms. The van der Waals surface area contributed by atoms with Crippen LogP contribution in [0, 0.1) is 0 Å². The predicted molar refractivity (Wildman–Crippen MR) is 100 cm³/mol. The maximum absolute atomic E-state index is 12.6. The number of hydrogen-bond acceptors (Lipinski definition) is 4. The smallest absolute Gasteiger partial charge is 0.392 e. The average molecular weight is 430 g/mol. The van der Waals surface area contributed by atoms with E-state index in [1.54, 1.807) is 0 Å². The lowest BCUT2D eigenvalue weighted by molar-refractivity contribution is -0.137. The number of hydrogen-bond donors (Lipinski definition) is 3. The van der Waals surface area contributed by atoms with Crippen molar-refractivity contribution in [2.75, 3.05) is 19.6 Å². The monoisotopic (exact) mass is 429 g/mol. The van der Waals surface area contributed by atoms with E-state index in [-0.39, 0.29) is 42.8 Å². The zero-order chi connectivity index (χ0) is 18.0. The van der Waals surface area contributed by atoms with Crippen molar-refractivity contribution in [3.8, 4) is 0 Å². The molecule has 0 aromatic heterocycles. The van der Waals surface area contributed by atoms with Crippen molar-refractivity contribution in [2.24, 2.45) is 0 Å². The first-order chi connectivity index (χ1) is 11.8. The van der Waals surface area contributed by atoms with E-state index in [9.17, 15) is 23.1 Å². The van der Waals surface area contributed by atoms with Crippen LogP contribution in [0.2, 0.25) is 0 Å². The van der Waals surface area contributed by atoms with Crippen molar-refractivity contribution in [2.45, 2.75) is 43.8 Å². The molecule has 3 unspecified atom stereocenters. The van der Waals surface area contributed by atoms with Gasteiger partial charge >= 0.3 is 6.18 Å². The summed E-state index contributed by atoms with van der Waals surface area (Å²) in [5.41, 5.74) is 0.176. The maximum atomic E-state index is 12.6. The Morgan fingerprint density at radius 2 is 1.93 bits per heavy atom. The van der Waals surface area contributed by atoms with E-state index in [2.05, 4.69) is 15.5 Å². The highest BCUT2D eigenvalue weighted by atomic mass is 35.5. The minimum absolute atomic E-state index is 0. The molecule has 2 aliphatic rings. The molecule has 3 rings (SSSR count). The average Bonchev–Trinajstić information content (AvgIpc) is 3.16. The number of carbonyl (C=O) groups is 1. The highest BCUT2D eigenvalue weighted by Crippen LogP contribution is 2.29. The first kappa shape index (κ1) is 24.0. The molecule has 3 N–H and O–H groups in total. The van der Waals surface area contributed by atoms with Crippen LogP contribution in [0.4, 0.5) is 13.2 Å². The van der Waals surface area contributed by atoms with Crippen molar-refractivity contribution in [3.05, 3.63) is 35.4 Å². The van der Waals surface area contributed by atoms with Crippen LogP contribution in [-0.2, 0) is 17.5 Å². The number of aliphatic hydroxyl groups is 1. The second kappa shape index (κ2) is 9.93. The highest BCUT2D eigenvalue weighted by Gasteiger charge is 2.32. The lowest BCUT2D eigenvalue weighted by Crippen LogP contribution is -2.46. The fourth-order valence-electron chi connectivity index (χ4n) is 3.37. The van der Waals surface area contributed by atoms with Crippen molar-refractivity contribution < 1.29 is 23.1 Å². The molecule has 1 aromatic carbocycles. The van der Waals surface area contributed by atoms with E-state index in [1.807, 2.05) is 0 Å². The van der Waals surface area contributed by atoms with E-state index in [4.69, 9.17) is 0 Å². The maximum Gasteiger partial charge on any atom is 0.416 e. The molecule has 2 fully saturated rings. The molecule has 27 heavy (non-hydrogen) atoms. The molecule has 3 atom stereocenters. The van der Waals surface area contributed by atoms with E-state index >= 15 is 0 Å². The van der Waals surface area contributed by atoms with Crippen molar-refractivity contribution in [3.63, 3.8) is 0 Å². The van der Waals surface area contributed by atoms with Gasteiger partial charge in [0.25, 0.3) is 0 Å². The van der Waals surface area contributed by atoms with Crippen LogP contribution in [-0.4, -0.2) is 53.7 Å². The third-order valence-electron chi connectivity index (χ3n) is 4.73. The molecule has 1 aromatic rings. The number of likely N-dealkylation sites (tertiary alicyclic amines) is 1. The van der Waals surface area contributed by atoms with E-state index < -0.39 is 17.8 Å². The van der Waals surface area contributed by atoms with Gasteiger partial charge in [-0.25, -0.2) is 0 Å². The van der Waals surface area contributed by atoms with Gasteiger partial charge in [-0.1, -0.05) is 12.1 Å². The SMILES string of the molecule is Cl.Cl.O=C(NC1CCN(Cc2ccc(C(F)(F)F)cc2)C1)C1CC(O)CN1. The Bertz CT molecular complexity index is 616. The molecule has 2 aliphatic heterocycles. The number of amides is 1. The lowest BCUT2D eigenvalue weighted by Gasteiger charge is -2.18. The number of benzene rings is 1. The highest BCUT2D eigenvalue weighted by molar-refractivity contribution is 5.85. The zero-order valence-electron chi connectivity index (χ0n) is 14.5. The second-order valence-electron chi connectivity index (χ2n) is 6.77. The Morgan fingerprint density at radius 3 is 2.48 bits per heavy atom. The summed E-state index contributed by atoms with van der Waals surface area (Å²) in [4.78, 5) is 14.2. The number of rotatable bonds is 4. The number of aliphatic hydroxyl groups excluding tert-OH is 1. The standard InChI is InChI=1S/C17H22F3N3O2.2ClH/c18-17(19,20)12-3-1-11(2-4-12)9-23-6-5-13(10-23)22-16(25)15-7-14(24)8-21-15;;/h1-4,13-15,21,24H,5-10H2,(H,22,25);2*1H. The molecule has 5 nitrogen and oxygen atoms in total. The molecular formula is C17H24Cl2F3N3O2. The summed E-state index contributed by atoms with van der Waals surface area (Å²) < 4.78 is 37.7. The van der Waals surface area contributed by atoms with Crippen LogP contribution in [0.15, 0.2) is 24.3 Å². The predicted octanol–water partition coefficient (Wildman–Crippen LogP) is 1.96.